The third-order valence-electron chi connectivity index (χ3n) is 4.45. The van der Waals surface area contributed by atoms with E-state index in [4.69, 9.17) is 11.6 Å². The van der Waals surface area contributed by atoms with Gasteiger partial charge in [0.25, 0.3) is 0 Å². The molecule has 0 aliphatic carbocycles. The minimum atomic E-state index is -0.130. The third kappa shape index (κ3) is 3.75. The van der Waals surface area contributed by atoms with Crippen molar-refractivity contribution in [3.8, 4) is 11.1 Å². The molecule has 0 saturated heterocycles. The van der Waals surface area contributed by atoms with Crippen molar-refractivity contribution in [3.05, 3.63) is 65.7 Å². The van der Waals surface area contributed by atoms with Crippen LogP contribution in [-0.2, 0) is 17.9 Å². The number of carbonyl (C=O) groups is 1. The first-order valence-electron chi connectivity index (χ1n) is 8.94. The lowest BCUT2D eigenvalue weighted by Crippen LogP contribution is -2.31. The van der Waals surface area contributed by atoms with Gasteiger partial charge in [0.1, 0.15) is 6.54 Å². The zero-order valence-electron chi connectivity index (χ0n) is 15.3. The Labute approximate surface area is 167 Å². The minimum Gasteiger partial charge on any atom is -0.353 e. The van der Waals surface area contributed by atoms with Crippen molar-refractivity contribution in [2.24, 2.45) is 0 Å². The maximum atomic E-state index is 12.4. The van der Waals surface area contributed by atoms with Crippen LogP contribution in [0.5, 0.6) is 0 Å². The molecule has 0 radical (unpaired) electrons. The van der Waals surface area contributed by atoms with Crippen LogP contribution in [0.4, 0.5) is 0 Å². The lowest BCUT2D eigenvalue weighted by Gasteiger charge is -2.07. The number of halogens is 1. The Morgan fingerprint density at radius 2 is 2.04 bits per heavy atom. The van der Waals surface area contributed by atoms with E-state index in [1.165, 1.54) is 0 Å². The summed E-state index contributed by atoms with van der Waals surface area (Å²) >= 11 is 5.83. The van der Waals surface area contributed by atoms with E-state index in [1.54, 1.807) is 28.0 Å². The molecule has 1 amide bonds. The van der Waals surface area contributed by atoms with Gasteiger partial charge in [0, 0.05) is 24.3 Å². The van der Waals surface area contributed by atoms with Gasteiger partial charge >= 0.3 is 0 Å². The van der Waals surface area contributed by atoms with E-state index in [1.807, 2.05) is 31.2 Å². The van der Waals surface area contributed by atoms with Crippen molar-refractivity contribution >= 4 is 28.5 Å². The molecule has 1 N–H and O–H groups in total. The van der Waals surface area contributed by atoms with Crippen molar-refractivity contribution in [2.45, 2.75) is 20.0 Å². The molecule has 4 aromatic rings. The molecule has 8 heteroatoms. The number of amides is 1. The van der Waals surface area contributed by atoms with Crippen LogP contribution in [0.1, 0.15) is 5.69 Å². The van der Waals surface area contributed by atoms with Crippen LogP contribution in [0.2, 0.25) is 5.02 Å². The Morgan fingerprint density at radius 1 is 1.21 bits per heavy atom. The fraction of sp³-hybridized carbons (Fsp3) is 0.200. The third-order valence-corrected chi connectivity index (χ3v) is 4.65. The number of benzene rings is 1. The van der Waals surface area contributed by atoms with E-state index < -0.39 is 0 Å². The molecule has 1 aromatic carbocycles. The maximum Gasteiger partial charge on any atom is 0.241 e. The van der Waals surface area contributed by atoms with E-state index >= 15 is 0 Å². The molecule has 0 atom stereocenters. The Bertz CT molecular complexity index is 1120. The van der Waals surface area contributed by atoms with Gasteiger partial charge in [0.2, 0.25) is 5.91 Å². The molecule has 4 rings (SSSR count). The van der Waals surface area contributed by atoms with Crippen LogP contribution in [0, 0.1) is 6.92 Å². The van der Waals surface area contributed by atoms with Crippen molar-refractivity contribution in [1.29, 1.82) is 0 Å². The van der Waals surface area contributed by atoms with Crippen LogP contribution in [0.15, 0.2) is 55.0 Å². The number of hydrogen-bond donors (Lipinski definition) is 1. The SMILES string of the molecule is Cc1nn(CC(=O)NCCn2cc(Cl)cn2)c2nccc(-c3ccccc3)c12. The summed E-state index contributed by atoms with van der Waals surface area (Å²) in [4.78, 5) is 16.8. The first kappa shape index (κ1) is 18.2. The highest BCUT2D eigenvalue weighted by Crippen LogP contribution is 2.29. The minimum absolute atomic E-state index is 0.107. The second-order valence-corrected chi connectivity index (χ2v) is 6.87. The second kappa shape index (κ2) is 7.82. The summed E-state index contributed by atoms with van der Waals surface area (Å²) in [5.41, 5.74) is 3.71. The van der Waals surface area contributed by atoms with E-state index in [2.05, 4.69) is 32.6 Å². The average molecular weight is 395 g/mol. The van der Waals surface area contributed by atoms with E-state index in [0.29, 0.717) is 23.8 Å². The summed E-state index contributed by atoms with van der Waals surface area (Å²) in [6.07, 6.45) is 5.03. The summed E-state index contributed by atoms with van der Waals surface area (Å²) in [7, 11) is 0. The maximum absolute atomic E-state index is 12.4. The van der Waals surface area contributed by atoms with Gasteiger partial charge in [-0.15, -0.1) is 0 Å². The molecule has 0 aliphatic rings. The van der Waals surface area contributed by atoms with Gasteiger partial charge in [0.05, 0.1) is 23.5 Å². The molecular weight excluding hydrogens is 376 g/mol. The van der Waals surface area contributed by atoms with Gasteiger partial charge in [-0.2, -0.15) is 10.2 Å². The number of fused-ring (bicyclic) bond motifs is 1. The predicted octanol–water partition coefficient (Wildman–Crippen LogP) is 3.07. The lowest BCUT2D eigenvalue weighted by molar-refractivity contribution is -0.121. The molecule has 0 unspecified atom stereocenters. The first-order chi connectivity index (χ1) is 13.6. The molecule has 7 nitrogen and oxygen atoms in total. The monoisotopic (exact) mass is 394 g/mol. The standard InChI is InChI=1S/C20H19ClN6O/c1-14-19-17(15-5-3-2-4-6-15)7-8-23-20(19)27(25-14)13-18(28)22-9-10-26-12-16(21)11-24-26/h2-8,11-12H,9-10,13H2,1H3,(H,22,28). The van der Waals surface area contributed by atoms with Gasteiger partial charge in [0.15, 0.2) is 5.65 Å². The van der Waals surface area contributed by atoms with Crippen LogP contribution < -0.4 is 5.32 Å². The number of aromatic nitrogens is 5. The van der Waals surface area contributed by atoms with Crippen molar-refractivity contribution in [3.63, 3.8) is 0 Å². The number of hydrogen-bond acceptors (Lipinski definition) is 4. The Balaban J connectivity index is 1.50. The van der Waals surface area contributed by atoms with Gasteiger partial charge in [-0.3, -0.25) is 9.48 Å². The molecule has 3 aromatic heterocycles. The summed E-state index contributed by atoms with van der Waals surface area (Å²) < 4.78 is 3.33. The van der Waals surface area contributed by atoms with Crippen molar-refractivity contribution in [2.75, 3.05) is 6.54 Å². The number of rotatable bonds is 6. The molecule has 0 aliphatic heterocycles. The summed E-state index contributed by atoms with van der Waals surface area (Å²) in [5.74, 6) is -0.130. The largest absolute Gasteiger partial charge is 0.353 e. The van der Waals surface area contributed by atoms with Gasteiger partial charge in [-0.25, -0.2) is 9.67 Å². The average Bonchev–Trinajstić information content (AvgIpc) is 3.26. The Morgan fingerprint density at radius 3 is 2.79 bits per heavy atom. The van der Waals surface area contributed by atoms with Crippen LogP contribution in [0.3, 0.4) is 0 Å². The lowest BCUT2D eigenvalue weighted by atomic mass is 10.0. The van der Waals surface area contributed by atoms with Gasteiger partial charge < -0.3 is 5.32 Å². The molecular formula is C20H19ClN6O. The predicted molar refractivity (Wildman–Crippen MR) is 108 cm³/mol. The molecule has 3 heterocycles. The molecule has 142 valence electrons. The zero-order chi connectivity index (χ0) is 19.5. The van der Waals surface area contributed by atoms with E-state index in [0.717, 1.165) is 22.2 Å². The fourth-order valence-corrected chi connectivity index (χ4v) is 3.37. The molecule has 28 heavy (non-hydrogen) atoms. The van der Waals surface area contributed by atoms with Crippen LogP contribution in [-0.4, -0.2) is 37.0 Å². The number of nitrogens with one attached hydrogen (secondary N) is 1. The highest BCUT2D eigenvalue weighted by atomic mass is 35.5. The Hall–Kier alpha value is -3.19. The molecule has 0 spiro atoms. The van der Waals surface area contributed by atoms with Crippen molar-refractivity contribution in [1.82, 2.24) is 29.9 Å². The van der Waals surface area contributed by atoms with Gasteiger partial charge in [-0.1, -0.05) is 41.9 Å². The number of nitrogens with zero attached hydrogens (tertiary/aromatic N) is 5. The second-order valence-electron chi connectivity index (χ2n) is 6.44. The quantitative estimate of drug-likeness (QED) is 0.545. The van der Waals surface area contributed by atoms with Crippen LogP contribution >= 0.6 is 11.6 Å². The normalized spacial score (nSPS) is 11.1. The summed E-state index contributed by atoms with van der Waals surface area (Å²) in [5, 5.41) is 13.0. The van der Waals surface area contributed by atoms with Crippen LogP contribution in [0.25, 0.3) is 22.2 Å². The fourth-order valence-electron chi connectivity index (χ4n) is 3.21. The van der Waals surface area contributed by atoms with E-state index in [9.17, 15) is 4.79 Å². The van der Waals surface area contributed by atoms with Crippen molar-refractivity contribution < 1.29 is 4.79 Å². The molecule has 0 saturated carbocycles. The smallest absolute Gasteiger partial charge is 0.241 e. The zero-order valence-corrected chi connectivity index (χ0v) is 16.1. The summed E-state index contributed by atoms with van der Waals surface area (Å²) in [6, 6.07) is 12.1. The topological polar surface area (TPSA) is 77.6 Å². The molecule has 0 bridgehead atoms. The summed E-state index contributed by atoms with van der Waals surface area (Å²) in [6.45, 7) is 3.05. The van der Waals surface area contributed by atoms with Gasteiger partial charge in [-0.05, 0) is 24.1 Å². The highest BCUT2D eigenvalue weighted by molar-refractivity contribution is 6.30. The number of pyridine rings is 1. The molecule has 0 fully saturated rings. The Kier molecular flexibility index (Phi) is 5.08. The first-order valence-corrected chi connectivity index (χ1v) is 9.32. The highest BCUT2D eigenvalue weighted by Gasteiger charge is 2.15. The number of aryl methyl sites for hydroxylation is 1. The van der Waals surface area contributed by atoms with E-state index in [-0.39, 0.29) is 12.5 Å². The number of carbonyl (C=O) groups excluding carboxylic acids is 1.